The van der Waals surface area contributed by atoms with Crippen LogP contribution in [0.3, 0.4) is 0 Å². The molecule has 0 aliphatic carbocycles. The first kappa shape index (κ1) is 14.3. The summed E-state index contributed by atoms with van der Waals surface area (Å²) >= 11 is 5.44. The Bertz CT molecular complexity index is 608. The minimum atomic E-state index is 0.619. The predicted octanol–water partition coefficient (Wildman–Crippen LogP) is 3.80. The molecule has 0 fully saturated rings. The highest BCUT2D eigenvalue weighted by molar-refractivity contribution is 7.81. The van der Waals surface area contributed by atoms with E-state index in [2.05, 4.69) is 12.2 Å². The summed E-state index contributed by atoms with van der Waals surface area (Å²) in [5, 5.41) is 3.21. The summed E-state index contributed by atoms with van der Waals surface area (Å²) in [5.74, 6) is 1.43. The second kappa shape index (κ2) is 6.39. The van der Waals surface area contributed by atoms with Crippen molar-refractivity contribution >= 4 is 22.9 Å². The third-order valence-electron chi connectivity index (χ3n) is 2.96. The minimum Gasteiger partial charge on any atom is -0.497 e. The molecule has 0 atom stereocenters. The van der Waals surface area contributed by atoms with Crippen molar-refractivity contribution in [2.24, 2.45) is 0 Å². The molecule has 0 radical (unpaired) electrons. The van der Waals surface area contributed by atoms with Gasteiger partial charge in [-0.2, -0.15) is 0 Å². The van der Waals surface area contributed by atoms with E-state index >= 15 is 0 Å². The highest BCUT2D eigenvalue weighted by atomic mass is 32.1. The molecule has 0 unspecified atom stereocenters. The summed E-state index contributed by atoms with van der Waals surface area (Å²) in [4.78, 5) is 0.619. The third kappa shape index (κ3) is 3.27. The molecule has 0 bridgehead atoms. The monoisotopic (exact) mass is 287 g/mol. The fourth-order valence-corrected chi connectivity index (χ4v) is 2.11. The lowest BCUT2D eigenvalue weighted by molar-refractivity contribution is 0.394. The van der Waals surface area contributed by atoms with Crippen LogP contribution in [0.15, 0.2) is 42.5 Å². The summed E-state index contributed by atoms with van der Waals surface area (Å²) in [7, 11) is 3.24. The Labute approximate surface area is 124 Å². The normalized spacial score (nSPS) is 9.95. The SMILES string of the molecule is COc1ccc(C(=S)Nc2ccc(C)cc2)c(OC)c1. The summed E-state index contributed by atoms with van der Waals surface area (Å²) in [6.45, 7) is 2.05. The van der Waals surface area contributed by atoms with E-state index in [-0.39, 0.29) is 0 Å². The number of ether oxygens (including phenoxy) is 2. The number of methoxy groups -OCH3 is 2. The van der Waals surface area contributed by atoms with Gasteiger partial charge in [0.25, 0.3) is 0 Å². The lowest BCUT2D eigenvalue weighted by Crippen LogP contribution is -2.11. The van der Waals surface area contributed by atoms with Gasteiger partial charge < -0.3 is 14.8 Å². The molecule has 2 rings (SSSR count). The van der Waals surface area contributed by atoms with Crippen molar-refractivity contribution in [2.75, 3.05) is 19.5 Å². The number of hydrogen-bond donors (Lipinski definition) is 1. The van der Waals surface area contributed by atoms with E-state index < -0.39 is 0 Å². The third-order valence-corrected chi connectivity index (χ3v) is 3.28. The first-order valence-corrected chi connectivity index (χ1v) is 6.65. The van der Waals surface area contributed by atoms with Crippen molar-refractivity contribution < 1.29 is 9.47 Å². The molecule has 0 saturated carbocycles. The fraction of sp³-hybridized carbons (Fsp3) is 0.188. The summed E-state index contributed by atoms with van der Waals surface area (Å²) in [6.07, 6.45) is 0. The van der Waals surface area contributed by atoms with Gasteiger partial charge in [0.2, 0.25) is 0 Å². The number of rotatable bonds is 4. The topological polar surface area (TPSA) is 30.5 Å². The summed E-state index contributed by atoms with van der Waals surface area (Å²) in [5.41, 5.74) is 3.01. The van der Waals surface area contributed by atoms with Crippen LogP contribution in [0.25, 0.3) is 0 Å². The number of thiocarbonyl (C=S) groups is 1. The molecule has 0 heterocycles. The molecule has 0 aromatic heterocycles. The highest BCUT2D eigenvalue weighted by Gasteiger charge is 2.10. The maximum atomic E-state index is 5.44. The second-order valence-corrected chi connectivity index (χ2v) is 4.79. The van der Waals surface area contributed by atoms with Crippen LogP contribution in [-0.4, -0.2) is 19.2 Å². The Hall–Kier alpha value is -2.07. The zero-order valence-corrected chi connectivity index (χ0v) is 12.6. The fourth-order valence-electron chi connectivity index (χ4n) is 1.82. The van der Waals surface area contributed by atoms with Crippen molar-refractivity contribution in [3.63, 3.8) is 0 Å². The van der Waals surface area contributed by atoms with Crippen LogP contribution in [0.2, 0.25) is 0 Å². The average Bonchev–Trinajstić information content (AvgIpc) is 2.48. The van der Waals surface area contributed by atoms with Gasteiger partial charge in [-0.3, -0.25) is 0 Å². The van der Waals surface area contributed by atoms with Crippen molar-refractivity contribution in [1.82, 2.24) is 0 Å². The van der Waals surface area contributed by atoms with Crippen LogP contribution in [-0.2, 0) is 0 Å². The molecule has 2 aromatic rings. The molecule has 4 heteroatoms. The second-order valence-electron chi connectivity index (χ2n) is 4.39. The molecule has 0 amide bonds. The van der Waals surface area contributed by atoms with Crippen molar-refractivity contribution in [2.45, 2.75) is 6.92 Å². The maximum Gasteiger partial charge on any atom is 0.132 e. The summed E-state index contributed by atoms with van der Waals surface area (Å²) in [6, 6.07) is 13.6. The van der Waals surface area contributed by atoms with Gasteiger partial charge in [-0.1, -0.05) is 29.9 Å². The number of anilines is 1. The lowest BCUT2D eigenvalue weighted by Gasteiger charge is -2.13. The van der Waals surface area contributed by atoms with Crippen LogP contribution < -0.4 is 14.8 Å². The molecular weight excluding hydrogens is 270 g/mol. The molecule has 0 saturated heterocycles. The lowest BCUT2D eigenvalue weighted by atomic mass is 10.1. The van der Waals surface area contributed by atoms with E-state index in [1.165, 1.54) is 5.56 Å². The standard InChI is InChI=1S/C16H17NO2S/c1-11-4-6-12(7-5-11)17-16(20)14-9-8-13(18-2)10-15(14)19-3/h4-10H,1-3H3,(H,17,20). The van der Waals surface area contributed by atoms with Gasteiger partial charge in [0.15, 0.2) is 0 Å². The maximum absolute atomic E-state index is 5.44. The van der Waals surface area contributed by atoms with E-state index in [0.29, 0.717) is 10.7 Å². The Morgan fingerprint density at radius 1 is 1.00 bits per heavy atom. The molecule has 20 heavy (non-hydrogen) atoms. The molecule has 0 aliphatic heterocycles. The van der Waals surface area contributed by atoms with Gasteiger partial charge in [0.05, 0.1) is 19.8 Å². The number of nitrogens with one attached hydrogen (secondary N) is 1. The minimum absolute atomic E-state index is 0.619. The smallest absolute Gasteiger partial charge is 0.132 e. The number of aryl methyl sites for hydroxylation is 1. The molecule has 0 spiro atoms. The molecule has 3 nitrogen and oxygen atoms in total. The Morgan fingerprint density at radius 3 is 2.30 bits per heavy atom. The van der Waals surface area contributed by atoms with Crippen molar-refractivity contribution in [3.05, 3.63) is 53.6 Å². The zero-order chi connectivity index (χ0) is 14.5. The highest BCUT2D eigenvalue weighted by Crippen LogP contribution is 2.25. The van der Waals surface area contributed by atoms with E-state index in [4.69, 9.17) is 21.7 Å². The van der Waals surface area contributed by atoms with Gasteiger partial charge in [0, 0.05) is 11.8 Å². The average molecular weight is 287 g/mol. The van der Waals surface area contributed by atoms with E-state index in [1.54, 1.807) is 14.2 Å². The van der Waals surface area contributed by atoms with Gasteiger partial charge in [-0.25, -0.2) is 0 Å². The number of benzene rings is 2. The van der Waals surface area contributed by atoms with Gasteiger partial charge >= 0.3 is 0 Å². The van der Waals surface area contributed by atoms with Gasteiger partial charge in [0.1, 0.15) is 16.5 Å². The number of hydrogen-bond acceptors (Lipinski definition) is 3. The van der Waals surface area contributed by atoms with Crippen molar-refractivity contribution in [3.8, 4) is 11.5 Å². The molecule has 1 N–H and O–H groups in total. The largest absolute Gasteiger partial charge is 0.497 e. The van der Waals surface area contributed by atoms with Crippen LogP contribution in [0.1, 0.15) is 11.1 Å². The van der Waals surface area contributed by atoms with E-state index in [0.717, 1.165) is 17.0 Å². The Morgan fingerprint density at radius 2 is 1.70 bits per heavy atom. The first-order valence-electron chi connectivity index (χ1n) is 6.24. The van der Waals surface area contributed by atoms with Crippen LogP contribution >= 0.6 is 12.2 Å². The Kier molecular flexibility index (Phi) is 4.58. The van der Waals surface area contributed by atoms with E-state index in [1.807, 2.05) is 42.5 Å². The van der Waals surface area contributed by atoms with Crippen LogP contribution in [0.4, 0.5) is 5.69 Å². The molecular formula is C16H17NO2S. The molecule has 0 aliphatic rings. The first-order chi connectivity index (χ1) is 9.63. The van der Waals surface area contributed by atoms with Gasteiger partial charge in [-0.15, -0.1) is 0 Å². The van der Waals surface area contributed by atoms with Crippen LogP contribution in [0, 0.1) is 6.92 Å². The molecule has 104 valence electrons. The van der Waals surface area contributed by atoms with E-state index in [9.17, 15) is 0 Å². The van der Waals surface area contributed by atoms with Crippen LogP contribution in [0.5, 0.6) is 11.5 Å². The van der Waals surface area contributed by atoms with Gasteiger partial charge in [-0.05, 0) is 31.2 Å². The molecule has 2 aromatic carbocycles. The van der Waals surface area contributed by atoms with Crippen molar-refractivity contribution in [1.29, 1.82) is 0 Å². The zero-order valence-electron chi connectivity index (χ0n) is 11.8. The quantitative estimate of drug-likeness (QED) is 0.866. The predicted molar refractivity (Wildman–Crippen MR) is 86.0 cm³/mol. The summed E-state index contributed by atoms with van der Waals surface area (Å²) < 4.78 is 10.5. The Balaban J connectivity index is 2.22.